The number of aromatic carboxylic acids is 1. The van der Waals surface area contributed by atoms with Crippen LogP contribution in [0.2, 0.25) is 0 Å². The lowest BCUT2D eigenvalue weighted by atomic mass is 10.1. The third-order valence-electron chi connectivity index (χ3n) is 3.37. The van der Waals surface area contributed by atoms with E-state index in [2.05, 4.69) is 23.2 Å². The predicted molar refractivity (Wildman–Crippen MR) is 78.1 cm³/mol. The Morgan fingerprint density at radius 1 is 1.05 bits per heavy atom. The van der Waals surface area contributed by atoms with Crippen molar-refractivity contribution in [1.82, 2.24) is 4.98 Å². The predicted octanol–water partition coefficient (Wildman–Crippen LogP) is 4.23. The second kappa shape index (κ2) is 3.59. The highest BCUT2D eigenvalue weighted by molar-refractivity contribution is 7.26. The van der Waals surface area contributed by atoms with Crippen LogP contribution in [0.5, 0.6) is 0 Å². The van der Waals surface area contributed by atoms with Crippen LogP contribution in [0.3, 0.4) is 0 Å². The zero-order chi connectivity index (χ0) is 13.0. The van der Waals surface area contributed by atoms with Gasteiger partial charge in [0.25, 0.3) is 0 Å². The fraction of sp³-hybridized carbons (Fsp3) is 0. The van der Waals surface area contributed by atoms with Crippen LogP contribution in [0.25, 0.3) is 31.1 Å². The van der Waals surface area contributed by atoms with E-state index in [4.69, 9.17) is 5.11 Å². The lowest BCUT2D eigenvalue weighted by molar-refractivity contribution is 0.0691. The zero-order valence-corrected chi connectivity index (χ0v) is 10.6. The summed E-state index contributed by atoms with van der Waals surface area (Å²) in [6, 6.07) is 14.0. The summed E-state index contributed by atoms with van der Waals surface area (Å²) >= 11 is 1.70. The summed E-state index contributed by atoms with van der Waals surface area (Å²) in [4.78, 5) is 14.0. The number of nitrogens with one attached hydrogen (secondary N) is 1. The monoisotopic (exact) mass is 267 g/mol. The second-order valence-electron chi connectivity index (χ2n) is 4.49. The molecule has 2 aromatic heterocycles. The Hall–Kier alpha value is -2.33. The average Bonchev–Trinajstić information content (AvgIpc) is 2.99. The zero-order valence-electron chi connectivity index (χ0n) is 9.81. The van der Waals surface area contributed by atoms with Gasteiger partial charge in [0.05, 0.1) is 0 Å². The molecule has 2 aromatic carbocycles. The summed E-state index contributed by atoms with van der Waals surface area (Å²) in [5, 5.41) is 12.5. The van der Waals surface area contributed by atoms with Crippen molar-refractivity contribution < 1.29 is 9.90 Å². The Morgan fingerprint density at radius 2 is 1.89 bits per heavy atom. The van der Waals surface area contributed by atoms with E-state index in [0.29, 0.717) is 0 Å². The molecule has 3 nitrogen and oxygen atoms in total. The van der Waals surface area contributed by atoms with Gasteiger partial charge in [-0.25, -0.2) is 4.79 Å². The molecule has 2 N–H and O–H groups in total. The van der Waals surface area contributed by atoms with Gasteiger partial charge in [0.2, 0.25) is 0 Å². The molecular weight excluding hydrogens is 258 g/mol. The summed E-state index contributed by atoms with van der Waals surface area (Å²) in [7, 11) is 0. The third kappa shape index (κ3) is 1.40. The Labute approximate surface area is 112 Å². The number of aromatic nitrogens is 1. The van der Waals surface area contributed by atoms with E-state index >= 15 is 0 Å². The van der Waals surface area contributed by atoms with Crippen molar-refractivity contribution in [3.8, 4) is 0 Å². The summed E-state index contributed by atoms with van der Waals surface area (Å²) < 4.78 is 2.37. The molecular formula is C15H9NO2S. The number of benzene rings is 2. The molecule has 0 saturated carbocycles. The van der Waals surface area contributed by atoms with Crippen LogP contribution in [0.4, 0.5) is 0 Å². The smallest absolute Gasteiger partial charge is 0.352 e. The SMILES string of the molecule is O=C(O)c1cc2c(ccc3c4ccccc4sc23)[nH]1. The summed E-state index contributed by atoms with van der Waals surface area (Å²) in [5.74, 6) is -0.925. The number of carboxylic acid groups (broad SMARTS) is 1. The Bertz CT molecular complexity index is 949. The van der Waals surface area contributed by atoms with Crippen LogP contribution in [0, 0.1) is 0 Å². The van der Waals surface area contributed by atoms with Crippen LogP contribution in [-0.4, -0.2) is 16.1 Å². The van der Waals surface area contributed by atoms with Crippen LogP contribution < -0.4 is 0 Å². The van der Waals surface area contributed by atoms with Crippen molar-refractivity contribution >= 4 is 48.4 Å². The number of thiophene rings is 1. The van der Waals surface area contributed by atoms with Gasteiger partial charge in [-0.05, 0) is 18.2 Å². The van der Waals surface area contributed by atoms with Crippen LogP contribution in [0.15, 0.2) is 42.5 Å². The van der Waals surface area contributed by atoms with Gasteiger partial charge in [0.1, 0.15) is 5.69 Å². The minimum Gasteiger partial charge on any atom is -0.477 e. The third-order valence-corrected chi connectivity index (χ3v) is 4.59. The maximum absolute atomic E-state index is 11.1. The molecule has 0 fully saturated rings. The first-order valence-corrected chi connectivity index (χ1v) is 6.72. The maximum atomic E-state index is 11.1. The van der Waals surface area contributed by atoms with E-state index in [9.17, 15) is 4.79 Å². The van der Waals surface area contributed by atoms with E-state index in [0.717, 1.165) is 15.6 Å². The first kappa shape index (κ1) is 10.6. The highest BCUT2D eigenvalue weighted by atomic mass is 32.1. The van der Waals surface area contributed by atoms with E-state index in [1.807, 2.05) is 18.2 Å². The Balaban J connectivity index is 2.21. The number of rotatable bonds is 1. The maximum Gasteiger partial charge on any atom is 0.352 e. The molecule has 0 atom stereocenters. The van der Waals surface area contributed by atoms with Gasteiger partial charge < -0.3 is 10.1 Å². The van der Waals surface area contributed by atoms with Crippen molar-refractivity contribution in [2.45, 2.75) is 0 Å². The van der Waals surface area contributed by atoms with Crippen molar-refractivity contribution in [2.75, 3.05) is 0 Å². The molecule has 0 aliphatic heterocycles. The molecule has 0 aliphatic rings. The molecule has 0 radical (unpaired) electrons. The molecule has 0 unspecified atom stereocenters. The normalized spacial score (nSPS) is 11.6. The van der Waals surface area contributed by atoms with E-state index in [1.54, 1.807) is 17.4 Å². The van der Waals surface area contributed by atoms with Crippen LogP contribution >= 0.6 is 11.3 Å². The lowest BCUT2D eigenvalue weighted by Gasteiger charge is -1.92. The topological polar surface area (TPSA) is 53.1 Å². The van der Waals surface area contributed by atoms with Crippen molar-refractivity contribution in [1.29, 1.82) is 0 Å². The Morgan fingerprint density at radius 3 is 2.74 bits per heavy atom. The van der Waals surface area contributed by atoms with Gasteiger partial charge >= 0.3 is 5.97 Å². The number of carboxylic acids is 1. The van der Waals surface area contributed by atoms with E-state index in [-0.39, 0.29) is 5.69 Å². The number of aromatic amines is 1. The number of hydrogen-bond donors (Lipinski definition) is 2. The summed E-state index contributed by atoms with van der Waals surface area (Å²) in [6.45, 7) is 0. The number of H-pyrrole nitrogens is 1. The minimum atomic E-state index is -0.925. The fourth-order valence-corrected chi connectivity index (χ4v) is 3.72. The largest absolute Gasteiger partial charge is 0.477 e. The van der Waals surface area contributed by atoms with Crippen molar-refractivity contribution in [3.05, 3.63) is 48.2 Å². The van der Waals surface area contributed by atoms with Crippen molar-refractivity contribution in [3.63, 3.8) is 0 Å². The molecule has 4 heteroatoms. The van der Waals surface area contributed by atoms with Gasteiger partial charge in [-0.3, -0.25) is 0 Å². The highest BCUT2D eigenvalue weighted by Crippen LogP contribution is 2.38. The first-order valence-electron chi connectivity index (χ1n) is 5.90. The van der Waals surface area contributed by atoms with Gasteiger partial charge in [-0.2, -0.15) is 0 Å². The van der Waals surface area contributed by atoms with E-state index in [1.165, 1.54) is 15.5 Å². The molecule has 0 amide bonds. The molecule has 4 rings (SSSR count). The van der Waals surface area contributed by atoms with Crippen LogP contribution in [0.1, 0.15) is 10.5 Å². The van der Waals surface area contributed by atoms with Gasteiger partial charge in [-0.1, -0.05) is 24.3 Å². The quantitative estimate of drug-likeness (QED) is 0.542. The van der Waals surface area contributed by atoms with Gasteiger partial charge in [-0.15, -0.1) is 11.3 Å². The number of fused-ring (bicyclic) bond motifs is 5. The lowest BCUT2D eigenvalue weighted by Crippen LogP contribution is -1.94. The highest BCUT2D eigenvalue weighted by Gasteiger charge is 2.12. The average molecular weight is 267 g/mol. The molecule has 0 spiro atoms. The number of carbonyl (C=O) groups is 1. The van der Waals surface area contributed by atoms with Gasteiger partial charge in [0.15, 0.2) is 0 Å². The number of hydrogen-bond acceptors (Lipinski definition) is 2. The second-order valence-corrected chi connectivity index (χ2v) is 5.54. The molecule has 0 bridgehead atoms. The van der Waals surface area contributed by atoms with Gasteiger partial charge in [0, 0.05) is 31.1 Å². The standard InChI is InChI=1S/C15H9NO2S/c17-15(18)12-7-10-11(16-12)6-5-9-8-3-1-2-4-13(8)19-14(9)10/h1-7,16H,(H,17,18). The summed E-state index contributed by atoms with van der Waals surface area (Å²) in [5.41, 5.74) is 1.11. The first-order chi connectivity index (χ1) is 9.24. The Kier molecular flexibility index (Phi) is 2.00. The molecule has 19 heavy (non-hydrogen) atoms. The fourth-order valence-electron chi connectivity index (χ4n) is 2.50. The minimum absolute atomic E-state index is 0.236. The molecule has 92 valence electrons. The molecule has 2 heterocycles. The van der Waals surface area contributed by atoms with Crippen LogP contribution in [-0.2, 0) is 0 Å². The van der Waals surface area contributed by atoms with Crippen molar-refractivity contribution in [2.24, 2.45) is 0 Å². The summed E-state index contributed by atoms with van der Waals surface area (Å²) in [6.07, 6.45) is 0. The van der Waals surface area contributed by atoms with E-state index < -0.39 is 5.97 Å². The molecule has 0 saturated heterocycles. The molecule has 4 aromatic rings. The molecule has 0 aliphatic carbocycles.